The Bertz CT molecular complexity index is 1490. The molecule has 1 spiro atoms. The molecule has 0 aromatic heterocycles. The molecular formula is C37H47ClN2O3Ru-. The summed E-state index contributed by atoms with van der Waals surface area (Å²) < 4.78 is 7.31. The van der Waals surface area contributed by atoms with Crippen LogP contribution in [-0.2, 0) is 27.5 Å². The van der Waals surface area contributed by atoms with E-state index in [1.807, 2.05) is 13.8 Å². The van der Waals surface area contributed by atoms with Gasteiger partial charge in [0.25, 0.3) is 0 Å². The number of anilines is 1. The van der Waals surface area contributed by atoms with E-state index in [2.05, 4.69) is 88.9 Å². The summed E-state index contributed by atoms with van der Waals surface area (Å²) in [5, 5.41) is 10.6. The fourth-order valence-corrected chi connectivity index (χ4v) is 8.36. The number of non-ortho nitro benzene ring substituents is 1. The summed E-state index contributed by atoms with van der Waals surface area (Å²) in [6.45, 7) is 22.8. The van der Waals surface area contributed by atoms with Crippen LogP contribution >= 0.6 is 9.69 Å². The fraction of sp³-hybridized carbons (Fsp3) is 0.459. The number of nitrogens with zero attached hydrogens (tertiary/aromatic N) is 2. The van der Waals surface area contributed by atoms with Crippen molar-refractivity contribution in [1.29, 1.82) is 0 Å². The zero-order valence-electron chi connectivity index (χ0n) is 27.3. The number of fused-ring (bicyclic) bond motifs is 2. The van der Waals surface area contributed by atoms with Gasteiger partial charge in [0.2, 0.25) is 0 Å². The van der Waals surface area contributed by atoms with Crippen molar-refractivity contribution in [2.24, 2.45) is 0 Å². The van der Waals surface area contributed by atoms with Gasteiger partial charge in [-0.15, -0.1) is 0 Å². The number of halogens is 1. The topological polar surface area (TPSA) is 55.6 Å². The van der Waals surface area contributed by atoms with E-state index in [-0.39, 0.29) is 28.8 Å². The molecule has 2 aliphatic rings. The van der Waals surface area contributed by atoms with Crippen molar-refractivity contribution < 1.29 is 25.3 Å². The Morgan fingerprint density at radius 2 is 1.66 bits per heavy atom. The zero-order chi connectivity index (χ0) is 32.4. The Hall–Kier alpha value is -2.56. The smallest absolute Gasteiger partial charge is 0.0419 e. The van der Waals surface area contributed by atoms with Gasteiger partial charge in [-0.2, -0.15) is 0 Å². The molecular weight excluding hydrogens is 657 g/mol. The van der Waals surface area contributed by atoms with Crippen LogP contribution in [-0.4, -0.2) is 27.2 Å². The first-order chi connectivity index (χ1) is 20.7. The number of hydrogen-bond donors (Lipinski definition) is 0. The molecule has 0 amide bonds. The molecule has 2 unspecified atom stereocenters. The molecule has 5 nitrogen and oxygen atoms in total. The van der Waals surface area contributed by atoms with E-state index >= 15 is 0 Å². The first-order valence-corrected chi connectivity index (χ1v) is 18.8. The second-order valence-corrected chi connectivity index (χ2v) is 15.4. The van der Waals surface area contributed by atoms with E-state index in [9.17, 15) is 10.1 Å². The van der Waals surface area contributed by atoms with E-state index in [0.29, 0.717) is 23.1 Å². The maximum atomic E-state index is 10.6. The molecule has 0 N–H and O–H groups in total. The van der Waals surface area contributed by atoms with Crippen molar-refractivity contribution in [2.45, 2.75) is 110 Å². The van der Waals surface area contributed by atoms with Crippen LogP contribution in [0.5, 0.6) is 5.75 Å². The standard InChI is InChI=1S/C27H36N.C10H11NO3.ClH.Ru/c1-18(2)22-12-10-13-23(19(3)4)25(22)28-20(5)27(17-26(28,6)7)16-15-21-11-8-9-14-24(21)27;1-7(2)14-10-5-4-9(11(12)13)6-8(10)3;;/h8-14,18-20H,5,15-17H2,1-4,6-7H3;3-7H,1-2H3;1H;/q-1;;;+1/p-1. The van der Waals surface area contributed by atoms with Crippen LogP contribution < -0.4 is 9.64 Å². The van der Waals surface area contributed by atoms with E-state index < -0.39 is 20.6 Å². The van der Waals surface area contributed by atoms with Crippen LogP contribution in [0, 0.1) is 17.0 Å². The predicted molar refractivity (Wildman–Crippen MR) is 181 cm³/mol. The quantitative estimate of drug-likeness (QED) is 0.106. The summed E-state index contributed by atoms with van der Waals surface area (Å²) in [5.41, 5.74) is 8.47. The van der Waals surface area contributed by atoms with Crippen LogP contribution in [0.2, 0.25) is 0 Å². The first-order valence-electron chi connectivity index (χ1n) is 15.6. The van der Waals surface area contributed by atoms with Crippen LogP contribution in [0.15, 0.2) is 60.7 Å². The van der Waals surface area contributed by atoms with Crippen LogP contribution in [0.3, 0.4) is 0 Å². The van der Waals surface area contributed by atoms with Crippen LogP contribution in [0.1, 0.15) is 108 Å². The Balaban J connectivity index is 0.000000236. The van der Waals surface area contributed by atoms with Crippen molar-refractivity contribution in [3.05, 3.63) is 106 Å². The number of para-hydroxylation sites is 1. The average molecular weight is 704 g/mol. The summed E-state index contributed by atoms with van der Waals surface area (Å²) in [6.07, 6.45) is 3.62. The molecule has 5 rings (SSSR count). The fourth-order valence-electron chi connectivity index (χ4n) is 7.27. The van der Waals surface area contributed by atoms with Crippen molar-refractivity contribution >= 4 is 25.7 Å². The first kappa shape index (κ1) is 34.3. The Labute approximate surface area is 275 Å². The molecule has 3 aromatic carbocycles. The van der Waals surface area contributed by atoms with Gasteiger partial charge in [-0.25, -0.2) is 0 Å². The van der Waals surface area contributed by atoms with Gasteiger partial charge in [0, 0.05) is 11.2 Å². The Morgan fingerprint density at radius 3 is 2.23 bits per heavy atom. The molecule has 1 aliphatic carbocycles. The van der Waals surface area contributed by atoms with Gasteiger partial charge in [-0.3, -0.25) is 0 Å². The summed E-state index contributed by atoms with van der Waals surface area (Å²) in [7, 11) is 5.69. The van der Waals surface area contributed by atoms with E-state index in [1.54, 1.807) is 16.2 Å². The van der Waals surface area contributed by atoms with E-state index in [1.165, 1.54) is 53.8 Å². The summed E-state index contributed by atoms with van der Waals surface area (Å²) in [6, 6.07) is 20.8. The summed E-state index contributed by atoms with van der Waals surface area (Å²) in [5.74, 6) is 1.64. The minimum Gasteiger partial charge on any atom is -0.392 e. The van der Waals surface area contributed by atoms with Gasteiger partial charge < -0.3 is 11.8 Å². The molecule has 0 radical (unpaired) electrons. The third kappa shape index (κ3) is 6.82. The van der Waals surface area contributed by atoms with Gasteiger partial charge in [-0.05, 0) is 72.6 Å². The number of aryl methyl sites for hydroxylation is 1. The molecule has 7 heteroatoms. The normalized spacial score (nSPS) is 20.7. The molecule has 239 valence electrons. The maximum Gasteiger partial charge on any atom is 0.0419 e. The third-order valence-corrected chi connectivity index (χ3v) is 10.2. The summed E-state index contributed by atoms with van der Waals surface area (Å²) >= 11 is -0.440. The number of ether oxygens (including phenoxy) is 1. The van der Waals surface area contributed by atoms with Crippen molar-refractivity contribution in [2.75, 3.05) is 4.90 Å². The van der Waals surface area contributed by atoms with E-state index in [0.717, 1.165) is 0 Å². The van der Waals surface area contributed by atoms with Crippen molar-refractivity contribution in [3.8, 4) is 5.75 Å². The molecule has 0 bridgehead atoms. The number of benzene rings is 3. The number of rotatable bonds is 7. The zero-order valence-corrected chi connectivity index (χ0v) is 29.8. The molecule has 1 saturated heterocycles. The largest absolute Gasteiger partial charge is 0.392 e. The number of hydrogen-bond acceptors (Lipinski definition) is 4. The van der Waals surface area contributed by atoms with E-state index in [4.69, 9.17) is 21.4 Å². The van der Waals surface area contributed by atoms with Gasteiger partial charge in [0.15, 0.2) is 0 Å². The monoisotopic (exact) mass is 704 g/mol. The van der Waals surface area contributed by atoms with Crippen molar-refractivity contribution in [3.63, 3.8) is 0 Å². The minimum absolute atomic E-state index is 0.0275. The molecule has 44 heavy (non-hydrogen) atoms. The number of nitro groups is 1. The van der Waals surface area contributed by atoms with Crippen LogP contribution in [0.25, 0.3) is 0 Å². The average Bonchev–Trinajstić information content (AvgIpc) is 3.42. The predicted octanol–water partition coefficient (Wildman–Crippen LogP) is 9.78. The minimum atomic E-state index is -0.440. The molecule has 0 saturated carbocycles. The maximum absolute atomic E-state index is 10.6. The molecule has 1 fully saturated rings. The van der Waals surface area contributed by atoms with Crippen molar-refractivity contribution in [1.82, 2.24) is 0 Å². The molecule has 3 aromatic rings. The van der Waals surface area contributed by atoms with Gasteiger partial charge >= 0.3 is 105 Å². The Kier molecular flexibility index (Phi) is 10.8. The SMILES string of the molecule is CC(C)Oc1ccc([N+](=O)[O-])cc1[CH]=[Ru][Cl].[CH2-]C1N(c2c(C(C)C)cccc2C(C)C)C(C)(C)CC12CCc1ccccc12. The number of nitro benzene ring substituents is 1. The molecule has 2 atom stereocenters. The molecule has 1 heterocycles. The van der Waals surface area contributed by atoms with Crippen LogP contribution in [0.4, 0.5) is 11.4 Å². The molecule has 1 aliphatic heterocycles. The second-order valence-electron chi connectivity index (χ2n) is 13.6. The summed E-state index contributed by atoms with van der Waals surface area (Å²) in [4.78, 5) is 12.9. The third-order valence-electron chi connectivity index (χ3n) is 9.04. The second kappa shape index (κ2) is 13.8. The van der Waals surface area contributed by atoms with Gasteiger partial charge in [0.1, 0.15) is 0 Å². The van der Waals surface area contributed by atoms with Gasteiger partial charge in [0.05, 0.1) is 0 Å². The van der Waals surface area contributed by atoms with Gasteiger partial charge in [-0.1, -0.05) is 76.2 Å². The Morgan fingerprint density at radius 1 is 1.02 bits per heavy atom.